The van der Waals surface area contributed by atoms with Crippen LogP contribution in [0.1, 0.15) is 42.6 Å². The van der Waals surface area contributed by atoms with E-state index in [0.717, 1.165) is 30.3 Å². The largest absolute Gasteiger partial charge is 0.473 e. The third kappa shape index (κ3) is 7.32. The number of carboxylic acids is 2. The number of ether oxygens (including phenoxy) is 1. The van der Waals surface area contributed by atoms with E-state index < -0.39 is 29.5 Å². The molecule has 0 amide bonds. The van der Waals surface area contributed by atoms with Gasteiger partial charge in [0, 0.05) is 25.7 Å². The van der Waals surface area contributed by atoms with Crippen LogP contribution in [0.25, 0.3) is 0 Å². The summed E-state index contributed by atoms with van der Waals surface area (Å²) in [4.78, 5) is 48.6. The number of aryl methyl sites for hydroxylation is 2. The topological polar surface area (TPSA) is 144 Å². The Kier molecular flexibility index (Phi) is 9.33. The molecule has 2 N–H and O–H groups in total. The molecule has 2 saturated heterocycles. The number of alkyl halides is 1. The molecule has 2 bridgehead atoms. The Balaban J connectivity index is 0.000000568. The van der Waals surface area contributed by atoms with Crippen molar-refractivity contribution >= 4 is 11.9 Å². The molecule has 202 valence electrons. The maximum Gasteiger partial charge on any atom is 0.414 e. The molecule has 3 atom stereocenters. The summed E-state index contributed by atoms with van der Waals surface area (Å²) >= 11 is 0. The number of aromatic nitrogens is 3. The third-order valence-corrected chi connectivity index (χ3v) is 6.87. The molecule has 3 unspecified atom stereocenters. The normalized spacial score (nSPS) is 21.7. The Hall–Kier alpha value is -3.38. The molecule has 0 radical (unpaired) electrons. The predicted molar refractivity (Wildman–Crippen MR) is 131 cm³/mol. The van der Waals surface area contributed by atoms with Crippen LogP contribution in [0.2, 0.25) is 0 Å². The summed E-state index contributed by atoms with van der Waals surface area (Å²) in [6, 6.07) is 8.92. The van der Waals surface area contributed by atoms with E-state index in [1.807, 2.05) is 6.07 Å². The Labute approximate surface area is 213 Å². The first kappa shape index (κ1) is 28.2. The average Bonchev–Trinajstić information content (AvgIpc) is 3.06. The summed E-state index contributed by atoms with van der Waals surface area (Å²) in [7, 11) is 1.54. The van der Waals surface area contributed by atoms with Crippen LogP contribution in [0.5, 0.6) is 0 Å². The molecule has 2 aromatic rings. The SMILES string of the molecule is Cc1cccc(COC2CC3CCC(C2)N3CC(F)Cn2c(=O)nc(C)n(C)c2=O)c1.O=C(O)C(=O)O. The zero-order valence-corrected chi connectivity index (χ0v) is 21.2. The van der Waals surface area contributed by atoms with Crippen molar-refractivity contribution in [3.8, 4) is 0 Å². The van der Waals surface area contributed by atoms with E-state index in [2.05, 4.69) is 35.0 Å². The second-order valence-corrected chi connectivity index (χ2v) is 9.58. The molecule has 0 aliphatic carbocycles. The first-order chi connectivity index (χ1) is 17.5. The highest BCUT2D eigenvalue weighted by Gasteiger charge is 2.42. The van der Waals surface area contributed by atoms with Crippen LogP contribution in [-0.4, -0.2) is 72.1 Å². The lowest BCUT2D eigenvalue weighted by Crippen LogP contribution is -2.50. The van der Waals surface area contributed by atoms with Gasteiger partial charge in [0.25, 0.3) is 0 Å². The zero-order valence-electron chi connectivity index (χ0n) is 21.2. The number of piperidine rings is 1. The Morgan fingerprint density at radius 2 is 1.73 bits per heavy atom. The van der Waals surface area contributed by atoms with Crippen LogP contribution >= 0.6 is 0 Å². The second-order valence-electron chi connectivity index (χ2n) is 9.58. The maximum atomic E-state index is 14.9. The number of rotatable bonds is 7. The fourth-order valence-corrected chi connectivity index (χ4v) is 4.99. The zero-order chi connectivity index (χ0) is 27.3. The number of hydrogen-bond donors (Lipinski definition) is 2. The minimum Gasteiger partial charge on any atom is -0.473 e. The van der Waals surface area contributed by atoms with Crippen molar-refractivity contribution < 1.29 is 28.9 Å². The van der Waals surface area contributed by atoms with Crippen LogP contribution in [0, 0.1) is 13.8 Å². The molecule has 2 aliphatic rings. The summed E-state index contributed by atoms with van der Waals surface area (Å²) in [6.07, 6.45) is 2.74. The van der Waals surface area contributed by atoms with E-state index in [1.165, 1.54) is 22.7 Å². The number of carboxylic acid groups (broad SMARTS) is 2. The Bertz CT molecular complexity index is 1220. The van der Waals surface area contributed by atoms with Gasteiger partial charge in [-0.3, -0.25) is 9.47 Å². The predicted octanol–water partition coefficient (Wildman–Crippen LogP) is 1.26. The van der Waals surface area contributed by atoms with E-state index >= 15 is 0 Å². The van der Waals surface area contributed by atoms with Crippen LogP contribution in [0.15, 0.2) is 33.9 Å². The summed E-state index contributed by atoms with van der Waals surface area (Å²) in [5, 5.41) is 14.8. The van der Waals surface area contributed by atoms with Gasteiger partial charge in [-0.2, -0.15) is 4.98 Å². The molecule has 12 heteroatoms. The third-order valence-electron chi connectivity index (χ3n) is 6.87. The van der Waals surface area contributed by atoms with Crippen molar-refractivity contribution in [2.24, 2.45) is 7.05 Å². The highest BCUT2D eigenvalue weighted by molar-refractivity contribution is 6.27. The summed E-state index contributed by atoms with van der Waals surface area (Å²) in [6.45, 7) is 4.23. The lowest BCUT2D eigenvalue weighted by atomic mass is 9.99. The number of aliphatic carboxylic acids is 2. The molecule has 37 heavy (non-hydrogen) atoms. The summed E-state index contributed by atoms with van der Waals surface area (Å²) in [5.41, 5.74) is 1.20. The molecular formula is C25H33FN4O7. The minimum absolute atomic E-state index is 0.184. The average molecular weight is 521 g/mol. The van der Waals surface area contributed by atoms with Crippen LogP contribution in [0.4, 0.5) is 4.39 Å². The van der Waals surface area contributed by atoms with Crippen molar-refractivity contribution in [1.29, 1.82) is 0 Å². The number of benzene rings is 1. The van der Waals surface area contributed by atoms with E-state index in [4.69, 9.17) is 24.5 Å². The van der Waals surface area contributed by atoms with E-state index in [9.17, 15) is 14.0 Å². The van der Waals surface area contributed by atoms with Gasteiger partial charge in [-0.25, -0.2) is 28.1 Å². The van der Waals surface area contributed by atoms with Gasteiger partial charge in [-0.05, 0) is 45.1 Å². The van der Waals surface area contributed by atoms with E-state index in [1.54, 1.807) is 6.92 Å². The van der Waals surface area contributed by atoms with Gasteiger partial charge >= 0.3 is 23.3 Å². The van der Waals surface area contributed by atoms with Crippen LogP contribution in [0.3, 0.4) is 0 Å². The van der Waals surface area contributed by atoms with Crippen molar-refractivity contribution in [3.63, 3.8) is 0 Å². The lowest BCUT2D eigenvalue weighted by molar-refractivity contribution is -0.159. The molecule has 2 aliphatic heterocycles. The second kappa shape index (κ2) is 12.2. The molecular weight excluding hydrogens is 487 g/mol. The van der Waals surface area contributed by atoms with Gasteiger partial charge < -0.3 is 14.9 Å². The molecule has 1 aromatic heterocycles. The fraction of sp³-hybridized carbons (Fsp3) is 0.560. The molecule has 1 aromatic carbocycles. The molecule has 0 spiro atoms. The molecule has 0 saturated carbocycles. The number of fused-ring (bicyclic) bond motifs is 2. The summed E-state index contributed by atoms with van der Waals surface area (Å²) in [5.74, 6) is -3.32. The highest BCUT2D eigenvalue weighted by atomic mass is 19.1. The van der Waals surface area contributed by atoms with Crippen molar-refractivity contribution in [3.05, 3.63) is 62.2 Å². The smallest absolute Gasteiger partial charge is 0.414 e. The van der Waals surface area contributed by atoms with Gasteiger partial charge in [0.15, 0.2) is 0 Å². The number of halogens is 1. The number of nitrogens with zero attached hydrogens (tertiary/aromatic N) is 4. The highest BCUT2D eigenvalue weighted by Crippen LogP contribution is 2.37. The Morgan fingerprint density at radius 1 is 1.11 bits per heavy atom. The van der Waals surface area contributed by atoms with E-state index in [-0.39, 0.29) is 31.3 Å². The number of carbonyl (C=O) groups is 2. The quantitative estimate of drug-likeness (QED) is 0.516. The fourth-order valence-electron chi connectivity index (χ4n) is 4.99. The minimum atomic E-state index is -1.82. The van der Waals surface area contributed by atoms with Gasteiger partial charge in [0.2, 0.25) is 0 Å². The van der Waals surface area contributed by atoms with Crippen molar-refractivity contribution in [1.82, 2.24) is 19.0 Å². The molecule has 2 fully saturated rings. The van der Waals surface area contributed by atoms with Gasteiger partial charge in [-0.1, -0.05) is 29.8 Å². The first-order valence-corrected chi connectivity index (χ1v) is 12.1. The molecule has 4 rings (SSSR count). The van der Waals surface area contributed by atoms with E-state index in [0.29, 0.717) is 12.4 Å². The number of hydrogen-bond acceptors (Lipinski definition) is 7. The van der Waals surface area contributed by atoms with Crippen molar-refractivity contribution in [2.45, 2.75) is 77.0 Å². The van der Waals surface area contributed by atoms with Gasteiger partial charge in [0.05, 0.1) is 19.3 Å². The molecule has 11 nitrogen and oxygen atoms in total. The van der Waals surface area contributed by atoms with Gasteiger partial charge in [-0.15, -0.1) is 0 Å². The maximum absolute atomic E-state index is 14.9. The van der Waals surface area contributed by atoms with Crippen LogP contribution < -0.4 is 11.4 Å². The lowest BCUT2D eigenvalue weighted by Gasteiger charge is -2.39. The molecule has 3 heterocycles. The first-order valence-electron chi connectivity index (χ1n) is 12.1. The van der Waals surface area contributed by atoms with Crippen LogP contribution in [-0.2, 0) is 34.5 Å². The monoisotopic (exact) mass is 520 g/mol. The standard InChI is InChI=1S/C23H31FN4O3.C2H2O4/c1-15-5-4-6-17(9-15)14-31-21-10-19-7-8-20(11-21)27(19)12-18(24)13-28-22(29)25-16(2)26(3)23(28)30;3-1(4)2(5)6/h4-6,9,18-21H,7-8,10-14H2,1-3H3;(H,3,4)(H,5,6). The summed E-state index contributed by atoms with van der Waals surface area (Å²) < 4.78 is 23.3. The Morgan fingerprint density at radius 3 is 2.30 bits per heavy atom. The van der Waals surface area contributed by atoms with Gasteiger partial charge in [0.1, 0.15) is 12.0 Å². The van der Waals surface area contributed by atoms with Crippen molar-refractivity contribution in [2.75, 3.05) is 6.54 Å².